The number of nitrogens with zero attached hydrogens (tertiary/aromatic N) is 3. The quantitative estimate of drug-likeness (QED) is 0.804. The Balaban J connectivity index is 1.96. The van der Waals surface area contributed by atoms with Crippen LogP contribution >= 0.6 is 11.6 Å². The fourth-order valence-corrected chi connectivity index (χ4v) is 2.86. The third-order valence-corrected chi connectivity index (χ3v) is 3.91. The van der Waals surface area contributed by atoms with Gasteiger partial charge in [-0.3, -0.25) is 4.98 Å². The van der Waals surface area contributed by atoms with E-state index in [0.29, 0.717) is 17.1 Å². The molecule has 0 saturated heterocycles. The van der Waals surface area contributed by atoms with Crippen molar-refractivity contribution in [3.05, 3.63) is 59.1 Å². The number of rotatable bonds is 4. The lowest BCUT2D eigenvalue weighted by Crippen LogP contribution is -2.18. The van der Waals surface area contributed by atoms with Crippen LogP contribution in [0.1, 0.15) is 24.5 Å². The Kier molecular flexibility index (Phi) is 3.90. The van der Waals surface area contributed by atoms with E-state index in [1.54, 1.807) is 12.3 Å². The maximum atomic E-state index is 6.27. The standard InChI is InChI=1S/C16H17ClN4/c1-2-21-14-8-4-3-7-13(14)20-15(21)10-12(18)16-11(17)6-5-9-19-16/h3-9,12H,2,10,18H2,1H3. The van der Waals surface area contributed by atoms with E-state index in [1.807, 2.05) is 24.3 Å². The van der Waals surface area contributed by atoms with Gasteiger partial charge in [0, 0.05) is 19.2 Å². The van der Waals surface area contributed by atoms with Gasteiger partial charge in [0.05, 0.1) is 27.8 Å². The molecule has 0 spiro atoms. The number of para-hydroxylation sites is 2. The van der Waals surface area contributed by atoms with E-state index >= 15 is 0 Å². The van der Waals surface area contributed by atoms with E-state index in [2.05, 4.69) is 22.5 Å². The predicted molar refractivity (Wildman–Crippen MR) is 85.3 cm³/mol. The van der Waals surface area contributed by atoms with Crippen LogP contribution in [0.5, 0.6) is 0 Å². The molecule has 21 heavy (non-hydrogen) atoms. The fourth-order valence-electron chi connectivity index (χ4n) is 2.60. The SMILES string of the molecule is CCn1c(CC(N)c2ncccc2Cl)nc2ccccc21. The number of fused-ring (bicyclic) bond motifs is 1. The minimum atomic E-state index is -0.263. The Morgan fingerprint density at radius 1 is 1.24 bits per heavy atom. The molecule has 2 heterocycles. The predicted octanol–water partition coefficient (Wildman–Crippen LogP) is 3.35. The number of aryl methyl sites for hydroxylation is 1. The highest BCUT2D eigenvalue weighted by atomic mass is 35.5. The minimum absolute atomic E-state index is 0.263. The van der Waals surface area contributed by atoms with Crippen LogP contribution < -0.4 is 5.73 Å². The lowest BCUT2D eigenvalue weighted by atomic mass is 10.1. The monoisotopic (exact) mass is 300 g/mol. The fraction of sp³-hybridized carbons (Fsp3) is 0.250. The van der Waals surface area contributed by atoms with Crippen molar-refractivity contribution in [3.63, 3.8) is 0 Å². The van der Waals surface area contributed by atoms with Gasteiger partial charge in [-0.25, -0.2) is 4.98 Å². The molecular weight excluding hydrogens is 284 g/mol. The van der Waals surface area contributed by atoms with Crippen LogP contribution in [-0.4, -0.2) is 14.5 Å². The van der Waals surface area contributed by atoms with Crippen LogP contribution in [0.3, 0.4) is 0 Å². The molecule has 0 aliphatic heterocycles. The second-order valence-corrected chi connectivity index (χ2v) is 5.35. The van der Waals surface area contributed by atoms with E-state index in [9.17, 15) is 0 Å². The summed E-state index contributed by atoms with van der Waals surface area (Å²) >= 11 is 6.17. The molecule has 0 amide bonds. The van der Waals surface area contributed by atoms with Gasteiger partial charge in [-0.05, 0) is 31.2 Å². The van der Waals surface area contributed by atoms with Gasteiger partial charge < -0.3 is 10.3 Å². The highest BCUT2D eigenvalue weighted by Crippen LogP contribution is 2.23. The van der Waals surface area contributed by atoms with Crippen molar-refractivity contribution in [1.82, 2.24) is 14.5 Å². The second kappa shape index (κ2) is 5.84. The third-order valence-electron chi connectivity index (χ3n) is 3.59. The van der Waals surface area contributed by atoms with Gasteiger partial charge in [-0.1, -0.05) is 23.7 Å². The molecule has 0 saturated carbocycles. The zero-order chi connectivity index (χ0) is 14.8. The average Bonchev–Trinajstić information content (AvgIpc) is 2.84. The lowest BCUT2D eigenvalue weighted by Gasteiger charge is -2.13. The van der Waals surface area contributed by atoms with Gasteiger partial charge >= 0.3 is 0 Å². The summed E-state index contributed by atoms with van der Waals surface area (Å²) in [5.41, 5.74) is 9.12. The summed E-state index contributed by atoms with van der Waals surface area (Å²) in [6.07, 6.45) is 2.32. The third kappa shape index (κ3) is 2.64. The zero-order valence-corrected chi connectivity index (χ0v) is 12.6. The molecular formula is C16H17ClN4. The average molecular weight is 301 g/mol. The number of pyridine rings is 1. The van der Waals surface area contributed by atoms with Crippen LogP contribution in [0.15, 0.2) is 42.6 Å². The number of imidazole rings is 1. The van der Waals surface area contributed by atoms with Gasteiger partial charge in [0.25, 0.3) is 0 Å². The molecule has 1 atom stereocenters. The van der Waals surface area contributed by atoms with Crippen molar-refractivity contribution in [3.8, 4) is 0 Å². The maximum absolute atomic E-state index is 6.27. The number of halogens is 1. The van der Waals surface area contributed by atoms with Crippen molar-refractivity contribution in [2.24, 2.45) is 5.73 Å². The molecule has 0 fully saturated rings. The van der Waals surface area contributed by atoms with E-state index < -0.39 is 0 Å². The number of hydrogen-bond donors (Lipinski definition) is 1. The Morgan fingerprint density at radius 2 is 2.05 bits per heavy atom. The smallest absolute Gasteiger partial charge is 0.111 e. The molecule has 0 aliphatic carbocycles. The van der Waals surface area contributed by atoms with Gasteiger partial charge in [-0.15, -0.1) is 0 Å². The summed E-state index contributed by atoms with van der Waals surface area (Å²) in [4.78, 5) is 8.98. The van der Waals surface area contributed by atoms with Crippen LogP contribution in [0.2, 0.25) is 5.02 Å². The van der Waals surface area contributed by atoms with Gasteiger partial charge in [-0.2, -0.15) is 0 Å². The van der Waals surface area contributed by atoms with Crippen molar-refractivity contribution >= 4 is 22.6 Å². The number of aromatic nitrogens is 3. The molecule has 4 nitrogen and oxygen atoms in total. The van der Waals surface area contributed by atoms with Crippen LogP contribution in [0, 0.1) is 0 Å². The first-order valence-corrected chi connectivity index (χ1v) is 7.38. The first kappa shape index (κ1) is 14.0. The molecule has 0 aliphatic rings. The van der Waals surface area contributed by atoms with Gasteiger partial charge in [0.2, 0.25) is 0 Å². The topological polar surface area (TPSA) is 56.7 Å². The molecule has 108 valence electrons. The molecule has 1 unspecified atom stereocenters. The Bertz CT molecular complexity index is 766. The summed E-state index contributed by atoms with van der Waals surface area (Å²) in [6, 6.07) is 11.5. The molecule has 1 aromatic carbocycles. The van der Waals surface area contributed by atoms with E-state index in [1.165, 1.54) is 0 Å². The Morgan fingerprint density at radius 3 is 2.81 bits per heavy atom. The van der Waals surface area contributed by atoms with Crippen LogP contribution in [0.25, 0.3) is 11.0 Å². The normalized spacial score (nSPS) is 12.7. The molecule has 3 rings (SSSR count). The second-order valence-electron chi connectivity index (χ2n) is 4.94. The molecule has 5 heteroatoms. The van der Waals surface area contributed by atoms with Crippen LogP contribution in [-0.2, 0) is 13.0 Å². The van der Waals surface area contributed by atoms with Crippen molar-refractivity contribution in [2.45, 2.75) is 25.9 Å². The van der Waals surface area contributed by atoms with E-state index in [0.717, 1.165) is 23.4 Å². The molecule has 3 aromatic rings. The highest BCUT2D eigenvalue weighted by Gasteiger charge is 2.16. The number of hydrogen-bond acceptors (Lipinski definition) is 3. The lowest BCUT2D eigenvalue weighted by molar-refractivity contribution is 0.625. The minimum Gasteiger partial charge on any atom is -0.328 e. The number of nitrogens with two attached hydrogens (primary N) is 1. The molecule has 0 radical (unpaired) electrons. The Hall–Kier alpha value is -1.91. The van der Waals surface area contributed by atoms with Crippen molar-refractivity contribution < 1.29 is 0 Å². The van der Waals surface area contributed by atoms with Crippen molar-refractivity contribution in [1.29, 1.82) is 0 Å². The number of benzene rings is 1. The Labute approximate surface area is 128 Å². The highest BCUT2D eigenvalue weighted by molar-refractivity contribution is 6.31. The largest absolute Gasteiger partial charge is 0.328 e. The summed E-state index contributed by atoms with van der Waals surface area (Å²) in [6.45, 7) is 2.97. The zero-order valence-electron chi connectivity index (χ0n) is 11.8. The molecule has 2 N–H and O–H groups in total. The summed E-state index contributed by atoms with van der Waals surface area (Å²) in [7, 11) is 0. The van der Waals surface area contributed by atoms with E-state index in [-0.39, 0.29) is 6.04 Å². The van der Waals surface area contributed by atoms with Crippen LogP contribution in [0.4, 0.5) is 0 Å². The van der Waals surface area contributed by atoms with Gasteiger partial charge in [0.1, 0.15) is 5.82 Å². The first-order valence-electron chi connectivity index (χ1n) is 7.01. The van der Waals surface area contributed by atoms with Gasteiger partial charge in [0.15, 0.2) is 0 Å². The van der Waals surface area contributed by atoms with E-state index in [4.69, 9.17) is 22.3 Å². The maximum Gasteiger partial charge on any atom is 0.111 e. The molecule has 0 bridgehead atoms. The first-order chi connectivity index (χ1) is 10.2. The van der Waals surface area contributed by atoms with Crippen molar-refractivity contribution in [2.75, 3.05) is 0 Å². The summed E-state index contributed by atoms with van der Waals surface area (Å²) in [5.74, 6) is 0.966. The summed E-state index contributed by atoms with van der Waals surface area (Å²) in [5, 5.41) is 0.601. The molecule has 2 aromatic heterocycles. The summed E-state index contributed by atoms with van der Waals surface area (Å²) < 4.78 is 2.19.